The van der Waals surface area contributed by atoms with E-state index >= 15 is 0 Å². The van der Waals surface area contributed by atoms with Crippen LogP contribution in [0.25, 0.3) is 11.1 Å². The Balaban J connectivity index is 1.78. The van der Waals surface area contributed by atoms with E-state index in [0.29, 0.717) is 22.6 Å². The number of carbonyl (C=O) groups excluding carboxylic acids is 1. The highest BCUT2D eigenvalue weighted by Gasteiger charge is 2.21. The van der Waals surface area contributed by atoms with Crippen LogP contribution in [0.3, 0.4) is 0 Å². The maximum atomic E-state index is 12.4. The van der Waals surface area contributed by atoms with Gasteiger partial charge in [0.1, 0.15) is 5.52 Å². The van der Waals surface area contributed by atoms with E-state index < -0.39 is 0 Å². The zero-order valence-electron chi connectivity index (χ0n) is 11.8. The van der Waals surface area contributed by atoms with Gasteiger partial charge in [0.25, 0.3) is 5.91 Å². The minimum atomic E-state index is -0.0570. The number of piperidine rings is 1. The van der Waals surface area contributed by atoms with Crippen molar-refractivity contribution in [2.24, 2.45) is 0 Å². The summed E-state index contributed by atoms with van der Waals surface area (Å²) in [5.74, 6) is 0.526. The van der Waals surface area contributed by atoms with Gasteiger partial charge in [-0.3, -0.25) is 4.79 Å². The number of oxazole rings is 1. The summed E-state index contributed by atoms with van der Waals surface area (Å²) in [5, 5.41) is 3.11. The molecular weight excluding hydrogens is 254 g/mol. The second kappa shape index (κ2) is 5.25. The number of likely N-dealkylation sites (tertiary alicyclic amines) is 1. The molecule has 5 heteroatoms. The quantitative estimate of drug-likeness (QED) is 0.908. The van der Waals surface area contributed by atoms with Gasteiger partial charge in [0.2, 0.25) is 0 Å². The van der Waals surface area contributed by atoms with Crippen LogP contribution in [0.2, 0.25) is 0 Å². The van der Waals surface area contributed by atoms with Gasteiger partial charge >= 0.3 is 0 Å². The summed E-state index contributed by atoms with van der Waals surface area (Å²) in [6, 6.07) is 5.72. The standard InChI is InChI=1S/C15H19N3O2/c1-10-16-14-12(4-3-5-13(14)20-10)15(19)17-11-6-8-18(2)9-7-11/h3-5,11H,6-9H2,1-2H3,(H,17,19). The zero-order valence-corrected chi connectivity index (χ0v) is 11.8. The molecule has 3 rings (SSSR count). The van der Waals surface area contributed by atoms with Crippen LogP contribution in [0, 0.1) is 6.92 Å². The molecule has 0 unspecified atom stereocenters. The van der Waals surface area contributed by atoms with E-state index in [4.69, 9.17) is 4.42 Å². The lowest BCUT2D eigenvalue weighted by molar-refractivity contribution is 0.0918. The number of aryl methyl sites for hydroxylation is 1. The molecule has 0 aliphatic carbocycles. The fourth-order valence-electron chi connectivity index (χ4n) is 2.66. The van der Waals surface area contributed by atoms with Crippen molar-refractivity contribution in [3.63, 3.8) is 0 Å². The normalized spacial score (nSPS) is 17.5. The predicted octanol–water partition coefficient (Wildman–Crippen LogP) is 1.96. The van der Waals surface area contributed by atoms with Crippen molar-refractivity contribution in [2.45, 2.75) is 25.8 Å². The van der Waals surface area contributed by atoms with Crippen LogP contribution < -0.4 is 5.32 Å². The first kappa shape index (κ1) is 13.1. The third-order valence-electron chi connectivity index (χ3n) is 3.82. The molecule has 1 aromatic heterocycles. The van der Waals surface area contributed by atoms with Gasteiger partial charge in [-0.05, 0) is 45.1 Å². The lowest BCUT2D eigenvalue weighted by Crippen LogP contribution is -2.43. The van der Waals surface area contributed by atoms with E-state index in [1.165, 1.54) is 0 Å². The van der Waals surface area contributed by atoms with Crippen molar-refractivity contribution in [1.82, 2.24) is 15.2 Å². The van der Waals surface area contributed by atoms with Crippen molar-refractivity contribution in [3.05, 3.63) is 29.7 Å². The molecule has 1 aliphatic rings. The van der Waals surface area contributed by atoms with Crippen molar-refractivity contribution >= 4 is 17.0 Å². The first-order valence-corrected chi connectivity index (χ1v) is 6.99. The molecule has 1 fully saturated rings. The summed E-state index contributed by atoms with van der Waals surface area (Å²) in [5.41, 5.74) is 1.91. The molecule has 2 heterocycles. The molecule has 1 amide bonds. The number of hydrogen-bond acceptors (Lipinski definition) is 4. The molecule has 2 aromatic rings. The topological polar surface area (TPSA) is 58.4 Å². The average Bonchev–Trinajstić information content (AvgIpc) is 2.81. The van der Waals surface area contributed by atoms with Gasteiger partial charge in [0.15, 0.2) is 11.5 Å². The van der Waals surface area contributed by atoms with E-state index in [9.17, 15) is 4.79 Å². The van der Waals surface area contributed by atoms with Gasteiger partial charge in [0, 0.05) is 13.0 Å². The number of nitrogens with zero attached hydrogens (tertiary/aromatic N) is 2. The monoisotopic (exact) mass is 273 g/mol. The number of rotatable bonds is 2. The number of nitrogens with one attached hydrogen (secondary N) is 1. The van der Waals surface area contributed by atoms with Crippen LogP contribution in [0.1, 0.15) is 29.1 Å². The van der Waals surface area contributed by atoms with Gasteiger partial charge in [-0.1, -0.05) is 6.07 Å². The second-order valence-electron chi connectivity index (χ2n) is 5.44. The van der Waals surface area contributed by atoms with E-state index in [1.54, 1.807) is 13.0 Å². The fourth-order valence-corrected chi connectivity index (χ4v) is 2.66. The lowest BCUT2D eigenvalue weighted by atomic mass is 10.0. The number of amides is 1. The van der Waals surface area contributed by atoms with E-state index in [0.717, 1.165) is 25.9 Å². The van der Waals surface area contributed by atoms with Crippen molar-refractivity contribution in [3.8, 4) is 0 Å². The second-order valence-corrected chi connectivity index (χ2v) is 5.44. The van der Waals surface area contributed by atoms with Crippen LogP contribution in [0.15, 0.2) is 22.6 Å². The lowest BCUT2D eigenvalue weighted by Gasteiger charge is -2.29. The van der Waals surface area contributed by atoms with Crippen molar-refractivity contribution in [1.29, 1.82) is 0 Å². The highest BCUT2D eigenvalue weighted by molar-refractivity contribution is 6.04. The van der Waals surface area contributed by atoms with Gasteiger partial charge in [-0.25, -0.2) is 4.98 Å². The molecule has 0 saturated carbocycles. The van der Waals surface area contributed by atoms with Gasteiger partial charge in [-0.15, -0.1) is 0 Å². The van der Waals surface area contributed by atoms with Crippen LogP contribution >= 0.6 is 0 Å². The summed E-state index contributed by atoms with van der Waals surface area (Å²) in [4.78, 5) is 19.0. The molecular formula is C15H19N3O2. The van der Waals surface area contributed by atoms with E-state index in [1.807, 2.05) is 12.1 Å². The Morgan fingerprint density at radius 2 is 2.15 bits per heavy atom. The van der Waals surface area contributed by atoms with Gasteiger partial charge < -0.3 is 14.6 Å². The number of para-hydroxylation sites is 1. The number of hydrogen-bond donors (Lipinski definition) is 1. The van der Waals surface area contributed by atoms with Crippen LogP contribution in [0.4, 0.5) is 0 Å². The minimum Gasteiger partial charge on any atom is -0.441 e. The smallest absolute Gasteiger partial charge is 0.253 e. The summed E-state index contributed by atoms with van der Waals surface area (Å²) in [6.07, 6.45) is 1.99. The Labute approximate surface area is 118 Å². The maximum absolute atomic E-state index is 12.4. The third-order valence-corrected chi connectivity index (χ3v) is 3.82. The molecule has 5 nitrogen and oxygen atoms in total. The van der Waals surface area contributed by atoms with Crippen molar-refractivity contribution in [2.75, 3.05) is 20.1 Å². The van der Waals surface area contributed by atoms with Gasteiger partial charge in [0.05, 0.1) is 5.56 Å². The molecule has 0 radical (unpaired) electrons. The fraction of sp³-hybridized carbons (Fsp3) is 0.467. The van der Waals surface area contributed by atoms with Crippen LogP contribution in [0.5, 0.6) is 0 Å². The summed E-state index contributed by atoms with van der Waals surface area (Å²) in [7, 11) is 2.11. The predicted molar refractivity (Wildman–Crippen MR) is 76.7 cm³/mol. The number of benzene rings is 1. The first-order chi connectivity index (χ1) is 9.63. The Bertz CT molecular complexity index is 627. The molecule has 1 aromatic carbocycles. The zero-order chi connectivity index (χ0) is 14.1. The number of carbonyl (C=O) groups is 1. The number of aromatic nitrogens is 1. The Morgan fingerprint density at radius 1 is 1.40 bits per heavy atom. The van der Waals surface area contributed by atoms with E-state index in [-0.39, 0.29) is 11.9 Å². The SMILES string of the molecule is Cc1nc2c(C(=O)NC3CCN(C)CC3)cccc2o1. The van der Waals surface area contributed by atoms with Crippen LogP contribution in [-0.2, 0) is 0 Å². The maximum Gasteiger partial charge on any atom is 0.253 e. The molecule has 0 spiro atoms. The molecule has 106 valence electrons. The molecule has 0 bridgehead atoms. The minimum absolute atomic E-state index is 0.0570. The Hall–Kier alpha value is -1.88. The summed E-state index contributed by atoms with van der Waals surface area (Å²) < 4.78 is 5.46. The summed E-state index contributed by atoms with van der Waals surface area (Å²) >= 11 is 0. The first-order valence-electron chi connectivity index (χ1n) is 6.99. The Kier molecular flexibility index (Phi) is 3.44. The largest absolute Gasteiger partial charge is 0.441 e. The summed E-state index contributed by atoms with van der Waals surface area (Å²) in [6.45, 7) is 3.84. The molecule has 1 saturated heterocycles. The van der Waals surface area contributed by atoms with Gasteiger partial charge in [-0.2, -0.15) is 0 Å². The molecule has 1 N–H and O–H groups in total. The van der Waals surface area contributed by atoms with E-state index in [2.05, 4.69) is 22.2 Å². The molecule has 1 aliphatic heterocycles. The van der Waals surface area contributed by atoms with Crippen LogP contribution in [-0.4, -0.2) is 42.0 Å². The Morgan fingerprint density at radius 3 is 2.90 bits per heavy atom. The third kappa shape index (κ3) is 2.54. The highest BCUT2D eigenvalue weighted by atomic mass is 16.3. The molecule has 20 heavy (non-hydrogen) atoms. The average molecular weight is 273 g/mol. The number of fused-ring (bicyclic) bond motifs is 1. The van der Waals surface area contributed by atoms with Crippen molar-refractivity contribution < 1.29 is 9.21 Å². The highest BCUT2D eigenvalue weighted by Crippen LogP contribution is 2.20. The molecule has 0 atom stereocenters.